The Kier molecular flexibility index (Phi) is 6.26. The maximum absolute atomic E-state index is 13.5. The van der Waals surface area contributed by atoms with Crippen LogP contribution >= 0.6 is 11.6 Å². The molecular weight excluding hydrogens is 457 g/mol. The van der Waals surface area contributed by atoms with Crippen LogP contribution in [-0.2, 0) is 6.18 Å². The van der Waals surface area contributed by atoms with Gasteiger partial charge in [0.05, 0.1) is 5.52 Å². The first-order valence-electron chi connectivity index (χ1n) is 10.7. The molecule has 1 fully saturated rings. The number of fused-ring (bicyclic) bond motifs is 1. The van der Waals surface area contributed by atoms with Gasteiger partial charge in [-0.1, -0.05) is 11.6 Å². The predicted molar refractivity (Wildman–Crippen MR) is 120 cm³/mol. The molecule has 2 heterocycles. The van der Waals surface area contributed by atoms with Crippen molar-refractivity contribution < 1.29 is 22.4 Å². The normalized spacial score (nSPS) is 19.0. The zero-order valence-electron chi connectivity index (χ0n) is 18.5. The highest BCUT2D eigenvalue weighted by molar-refractivity contribution is 6.31. The smallest absolute Gasteiger partial charge is 0.433 e. The number of hydrogen-bond donors (Lipinski definition) is 1. The molecule has 1 aromatic carbocycles. The lowest BCUT2D eigenvalue weighted by Crippen LogP contribution is -2.43. The minimum Gasteiger partial charge on any atom is -0.445 e. The lowest BCUT2D eigenvalue weighted by atomic mass is 9.89. The first-order valence-corrected chi connectivity index (χ1v) is 11.1. The Morgan fingerprint density at radius 2 is 1.85 bits per heavy atom. The van der Waals surface area contributed by atoms with Gasteiger partial charge in [0.2, 0.25) is 0 Å². The van der Waals surface area contributed by atoms with Crippen molar-refractivity contribution in [1.29, 1.82) is 0 Å². The predicted octanol–water partition coefficient (Wildman–Crippen LogP) is 5.69. The number of nitrogens with zero attached hydrogens (tertiary/aromatic N) is 3. The Balaban J connectivity index is 1.50. The minimum absolute atomic E-state index is 0.0137. The largest absolute Gasteiger partial charge is 0.445 e. The SMILES string of the molecule is Cc1nc(C(=O)NC2CCC(N(C)c3cc(C(F)(F)F)nc4ccc(Cl)cc34)CC2)c(C)o1. The van der Waals surface area contributed by atoms with Crippen LogP contribution < -0.4 is 10.2 Å². The molecule has 0 bridgehead atoms. The fourth-order valence-corrected chi connectivity index (χ4v) is 4.59. The van der Waals surface area contributed by atoms with E-state index in [1.807, 2.05) is 4.90 Å². The van der Waals surface area contributed by atoms with Crippen molar-refractivity contribution in [2.45, 2.75) is 57.8 Å². The maximum atomic E-state index is 13.5. The summed E-state index contributed by atoms with van der Waals surface area (Å²) >= 11 is 6.12. The number of alkyl halides is 3. The zero-order valence-corrected chi connectivity index (χ0v) is 19.2. The fourth-order valence-electron chi connectivity index (χ4n) is 4.41. The van der Waals surface area contributed by atoms with E-state index in [1.165, 1.54) is 12.1 Å². The van der Waals surface area contributed by atoms with E-state index in [1.54, 1.807) is 27.0 Å². The number of carbonyl (C=O) groups is 1. The Morgan fingerprint density at radius 3 is 2.45 bits per heavy atom. The number of nitrogens with one attached hydrogen (secondary N) is 1. The van der Waals surface area contributed by atoms with Gasteiger partial charge in [-0.3, -0.25) is 4.79 Å². The summed E-state index contributed by atoms with van der Waals surface area (Å²) in [5.74, 6) is 0.638. The second kappa shape index (κ2) is 8.85. The van der Waals surface area contributed by atoms with Gasteiger partial charge < -0.3 is 14.6 Å². The first-order chi connectivity index (χ1) is 15.5. The Hall–Kier alpha value is -2.81. The van der Waals surface area contributed by atoms with Gasteiger partial charge >= 0.3 is 6.18 Å². The van der Waals surface area contributed by atoms with Crippen LogP contribution in [0.1, 0.15) is 53.5 Å². The molecule has 1 aliphatic rings. The second-order valence-electron chi connectivity index (χ2n) is 8.41. The third-order valence-electron chi connectivity index (χ3n) is 6.12. The van der Waals surface area contributed by atoms with Gasteiger partial charge in [-0.05, 0) is 56.9 Å². The van der Waals surface area contributed by atoms with Crippen molar-refractivity contribution in [2.75, 3.05) is 11.9 Å². The topological polar surface area (TPSA) is 71.3 Å². The highest BCUT2D eigenvalue weighted by atomic mass is 35.5. The number of halogens is 4. The average molecular weight is 481 g/mol. The van der Waals surface area contributed by atoms with Crippen LogP contribution in [0.5, 0.6) is 0 Å². The molecule has 10 heteroatoms. The fraction of sp³-hybridized carbons (Fsp3) is 0.435. The molecule has 176 valence electrons. The summed E-state index contributed by atoms with van der Waals surface area (Å²) in [6.07, 6.45) is -1.73. The average Bonchev–Trinajstić information content (AvgIpc) is 3.10. The van der Waals surface area contributed by atoms with E-state index in [9.17, 15) is 18.0 Å². The van der Waals surface area contributed by atoms with E-state index >= 15 is 0 Å². The number of pyridine rings is 1. The molecule has 0 atom stereocenters. The van der Waals surface area contributed by atoms with Crippen molar-refractivity contribution in [3.8, 4) is 0 Å². The number of benzene rings is 1. The van der Waals surface area contributed by atoms with Crippen LogP contribution in [0.4, 0.5) is 18.9 Å². The lowest BCUT2D eigenvalue weighted by Gasteiger charge is -2.36. The van der Waals surface area contributed by atoms with E-state index < -0.39 is 11.9 Å². The van der Waals surface area contributed by atoms with Crippen LogP contribution in [0.2, 0.25) is 5.02 Å². The van der Waals surface area contributed by atoms with Crippen molar-refractivity contribution in [3.05, 3.63) is 52.3 Å². The lowest BCUT2D eigenvalue weighted by molar-refractivity contribution is -0.140. The molecule has 1 aliphatic carbocycles. The Labute approximate surface area is 194 Å². The summed E-state index contributed by atoms with van der Waals surface area (Å²) in [5.41, 5.74) is 0.0382. The van der Waals surface area contributed by atoms with Crippen molar-refractivity contribution in [2.24, 2.45) is 0 Å². The number of aryl methyl sites for hydroxylation is 2. The van der Waals surface area contributed by atoms with E-state index in [-0.39, 0.29) is 29.2 Å². The molecule has 0 unspecified atom stereocenters. The quantitative estimate of drug-likeness (QED) is 0.519. The van der Waals surface area contributed by atoms with Gasteiger partial charge in [-0.25, -0.2) is 9.97 Å². The molecule has 1 saturated carbocycles. The standard InChI is InChI=1S/C23H24ClF3N4O2/c1-12-21(28-13(2)33-12)22(32)29-15-5-7-16(8-6-15)31(3)19-11-20(23(25,26)27)30-18-9-4-14(24)10-17(18)19/h4,9-11,15-16H,5-8H2,1-3H3,(H,29,32). The summed E-state index contributed by atoms with van der Waals surface area (Å²) in [6, 6.07) is 5.75. The molecule has 0 spiro atoms. The van der Waals surface area contributed by atoms with Gasteiger partial charge in [0.25, 0.3) is 5.91 Å². The Morgan fingerprint density at radius 1 is 1.15 bits per heavy atom. The van der Waals surface area contributed by atoms with Crippen molar-refractivity contribution in [3.63, 3.8) is 0 Å². The van der Waals surface area contributed by atoms with E-state index in [0.717, 1.165) is 6.07 Å². The molecule has 0 saturated heterocycles. The number of hydrogen-bond acceptors (Lipinski definition) is 5. The number of carbonyl (C=O) groups excluding carboxylic acids is 1. The highest BCUT2D eigenvalue weighted by Gasteiger charge is 2.35. The second-order valence-corrected chi connectivity index (χ2v) is 8.85. The van der Waals surface area contributed by atoms with Crippen LogP contribution in [0.3, 0.4) is 0 Å². The van der Waals surface area contributed by atoms with E-state index in [0.29, 0.717) is 53.4 Å². The highest BCUT2D eigenvalue weighted by Crippen LogP contribution is 2.37. The molecule has 1 amide bonds. The first kappa shape index (κ1) is 23.4. The molecule has 0 aliphatic heterocycles. The summed E-state index contributed by atoms with van der Waals surface area (Å²) < 4.78 is 45.7. The van der Waals surface area contributed by atoms with Gasteiger partial charge in [-0.2, -0.15) is 13.2 Å². The van der Waals surface area contributed by atoms with Crippen molar-refractivity contribution in [1.82, 2.24) is 15.3 Å². The number of amides is 1. The van der Waals surface area contributed by atoms with Gasteiger partial charge in [-0.15, -0.1) is 0 Å². The molecule has 1 N–H and O–H groups in total. The number of aromatic nitrogens is 2. The van der Waals surface area contributed by atoms with E-state index in [4.69, 9.17) is 16.0 Å². The van der Waals surface area contributed by atoms with Crippen molar-refractivity contribution >= 4 is 34.1 Å². The molecular formula is C23H24ClF3N4O2. The number of anilines is 1. The van der Waals surface area contributed by atoms with E-state index in [2.05, 4.69) is 15.3 Å². The van der Waals surface area contributed by atoms with Crippen LogP contribution in [0, 0.1) is 13.8 Å². The van der Waals surface area contributed by atoms with Gasteiger partial charge in [0.15, 0.2) is 11.6 Å². The van der Waals surface area contributed by atoms with Crippen LogP contribution in [0.25, 0.3) is 10.9 Å². The molecule has 2 aromatic heterocycles. The minimum atomic E-state index is -4.55. The van der Waals surface area contributed by atoms with Gasteiger partial charge in [0.1, 0.15) is 11.5 Å². The molecule has 3 aromatic rings. The zero-order chi connectivity index (χ0) is 23.9. The van der Waals surface area contributed by atoms with Crippen LogP contribution in [-0.4, -0.2) is 35.0 Å². The molecule has 33 heavy (non-hydrogen) atoms. The molecule has 0 radical (unpaired) electrons. The number of rotatable bonds is 4. The molecule has 6 nitrogen and oxygen atoms in total. The summed E-state index contributed by atoms with van der Waals surface area (Å²) in [7, 11) is 1.79. The summed E-state index contributed by atoms with van der Waals surface area (Å²) in [5, 5.41) is 4.01. The Bertz CT molecular complexity index is 1190. The monoisotopic (exact) mass is 480 g/mol. The van der Waals surface area contributed by atoms with Gasteiger partial charge in [0, 0.05) is 42.2 Å². The number of oxazole rings is 1. The molecule has 4 rings (SSSR count). The third-order valence-corrected chi connectivity index (χ3v) is 6.35. The summed E-state index contributed by atoms with van der Waals surface area (Å²) in [6.45, 7) is 3.38. The maximum Gasteiger partial charge on any atom is 0.433 e. The third kappa shape index (κ3) is 4.93. The van der Waals surface area contributed by atoms with Crippen LogP contribution in [0.15, 0.2) is 28.7 Å². The summed E-state index contributed by atoms with van der Waals surface area (Å²) in [4.78, 5) is 22.3.